The number of aromatic amines is 1. The summed E-state index contributed by atoms with van der Waals surface area (Å²) in [5.74, 6) is 0.603. The summed E-state index contributed by atoms with van der Waals surface area (Å²) in [6, 6.07) is 0. The second-order valence-corrected chi connectivity index (χ2v) is 6.62. The number of rotatable bonds is 8. The summed E-state index contributed by atoms with van der Waals surface area (Å²) in [6.07, 6.45) is 7.69. The smallest absolute Gasteiger partial charge is 0.278 e. The maximum absolute atomic E-state index is 12.7. The molecule has 0 atom stereocenters. The van der Waals surface area contributed by atoms with E-state index in [1.165, 1.54) is 5.57 Å². The van der Waals surface area contributed by atoms with E-state index in [0.29, 0.717) is 22.7 Å². The maximum atomic E-state index is 12.7. The summed E-state index contributed by atoms with van der Waals surface area (Å²) < 4.78 is 1.59. The van der Waals surface area contributed by atoms with Gasteiger partial charge in [-0.15, -0.1) is 0 Å². The van der Waals surface area contributed by atoms with Gasteiger partial charge >= 0.3 is 0 Å². The number of allylic oxidation sites excluding steroid dienone is 5. The van der Waals surface area contributed by atoms with Crippen LogP contribution >= 0.6 is 0 Å². The highest BCUT2D eigenvalue weighted by atomic mass is 16.1. The molecule has 0 aliphatic heterocycles. The highest BCUT2D eigenvalue weighted by molar-refractivity contribution is 5.90. The summed E-state index contributed by atoms with van der Waals surface area (Å²) in [5.41, 5.74) is 3.61. The van der Waals surface area contributed by atoms with Crippen molar-refractivity contribution in [1.82, 2.24) is 19.7 Å². The Bertz CT molecular complexity index is 891. The Morgan fingerprint density at radius 3 is 2.42 bits per heavy atom. The van der Waals surface area contributed by atoms with E-state index in [2.05, 4.69) is 35.4 Å². The van der Waals surface area contributed by atoms with E-state index in [0.717, 1.165) is 31.5 Å². The third-order valence-electron chi connectivity index (χ3n) is 4.06. The molecule has 0 aliphatic carbocycles. The molecule has 0 aliphatic rings. The zero-order valence-corrected chi connectivity index (χ0v) is 16.5. The summed E-state index contributed by atoms with van der Waals surface area (Å²) in [6.45, 7) is 13.9. The summed E-state index contributed by atoms with van der Waals surface area (Å²) >= 11 is 0. The molecule has 1 N–H and O–H groups in total. The van der Waals surface area contributed by atoms with Gasteiger partial charge in [0, 0.05) is 25.7 Å². The van der Waals surface area contributed by atoms with Gasteiger partial charge in [-0.3, -0.25) is 14.5 Å². The number of nitrogens with zero attached hydrogens (tertiary/aromatic N) is 4. The second kappa shape index (κ2) is 8.65. The predicted octanol–water partition coefficient (Wildman–Crippen LogP) is 3.82. The molecule has 0 radical (unpaired) electrons. The number of hydrogen-bond acceptors (Lipinski definition) is 4. The molecule has 0 amide bonds. The third kappa shape index (κ3) is 4.12. The number of H-pyrrole nitrogens is 1. The van der Waals surface area contributed by atoms with Crippen molar-refractivity contribution < 1.29 is 0 Å². The van der Waals surface area contributed by atoms with Crippen LogP contribution in [0.2, 0.25) is 0 Å². The number of nitrogens with one attached hydrogen (secondary N) is 1. The molecule has 0 bridgehead atoms. The van der Waals surface area contributed by atoms with Gasteiger partial charge in [-0.05, 0) is 26.7 Å². The molecule has 2 aromatic rings. The zero-order valence-electron chi connectivity index (χ0n) is 16.5. The lowest BCUT2D eigenvalue weighted by atomic mass is 10.1. The number of aryl methyl sites for hydroxylation is 1. The van der Waals surface area contributed by atoms with Crippen LogP contribution < -0.4 is 10.5 Å². The van der Waals surface area contributed by atoms with Crippen molar-refractivity contribution in [2.45, 2.75) is 40.5 Å². The molecule has 6 nitrogen and oxygen atoms in total. The van der Waals surface area contributed by atoms with Crippen molar-refractivity contribution >= 4 is 22.6 Å². The van der Waals surface area contributed by atoms with Gasteiger partial charge in [-0.25, -0.2) is 4.98 Å². The van der Waals surface area contributed by atoms with E-state index in [9.17, 15) is 4.79 Å². The van der Waals surface area contributed by atoms with Gasteiger partial charge in [-0.1, -0.05) is 44.2 Å². The number of hydrogen-bond donors (Lipinski definition) is 1. The first-order valence-corrected chi connectivity index (χ1v) is 9.12. The average Bonchev–Trinajstić information content (AvgIpc) is 2.92. The van der Waals surface area contributed by atoms with E-state index >= 15 is 0 Å². The number of aromatic nitrogens is 4. The SMILES string of the molecule is C=C/C(=C\C=C(C)C)c1nn(C)c2c(=O)[nH]c(N(CCC)CCC)nc12. The van der Waals surface area contributed by atoms with Crippen LogP contribution in [0.3, 0.4) is 0 Å². The number of anilines is 1. The van der Waals surface area contributed by atoms with E-state index < -0.39 is 0 Å². The van der Waals surface area contributed by atoms with Crippen LogP contribution in [0.15, 0.2) is 35.2 Å². The minimum atomic E-state index is -0.172. The van der Waals surface area contributed by atoms with E-state index in [1.807, 2.05) is 26.0 Å². The highest BCUT2D eigenvalue weighted by Gasteiger charge is 2.18. The summed E-state index contributed by atoms with van der Waals surface area (Å²) in [7, 11) is 1.76. The Hall–Kier alpha value is -2.63. The lowest BCUT2D eigenvalue weighted by Gasteiger charge is -2.21. The van der Waals surface area contributed by atoms with Crippen LogP contribution in [-0.4, -0.2) is 32.8 Å². The van der Waals surface area contributed by atoms with Gasteiger partial charge in [0.25, 0.3) is 5.56 Å². The summed E-state index contributed by atoms with van der Waals surface area (Å²) in [5, 5.41) is 4.54. The zero-order chi connectivity index (χ0) is 19.3. The molecule has 6 heteroatoms. The van der Waals surface area contributed by atoms with Gasteiger partial charge in [0.1, 0.15) is 11.2 Å². The molecule has 0 spiro atoms. The molecule has 0 aromatic carbocycles. The maximum Gasteiger partial charge on any atom is 0.278 e. The van der Waals surface area contributed by atoms with Crippen LogP contribution in [0.1, 0.15) is 46.2 Å². The van der Waals surface area contributed by atoms with Gasteiger partial charge in [0.15, 0.2) is 5.52 Å². The van der Waals surface area contributed by atoms with E-state index in [-0.39, 0.29) is 5.56 Å². The van der Waals surface area contributed by atoms with Crippen molar-refractivity contribution in [3.8, 4) is 0 Å². The van der Waals surface area contributed by atoms with Crippen LogP contribution in [0.5, 0.6) is 0 Å². The van der Waals surface area contributed by atoms with Crippen molar-refractivity contribution in [3.63, 3.8) is 0 Å². The van der Waals surface area contributed by atoms with Gasteiger partial charge in [-0.2, -0.15) is 5.10 Å². The lowest BCUT2D eigenvalue weighted by Crippen LogP contribution is -2.29. The average molecular weight is 355 g/mol. The Labute approximate surface area is 154 Å². The Morgan fingerprint density at radius 1 is 1.23 bits per heavy atom. The Morgan fingerprint density at radius 2 is 1.88 bits per heavy atom. The number of fused-ring (bicyclic) bond motifs is 1. The van der Waals surface area contributed by atoms with Gasteiger partial charge < -0.3 is 4.90 Å². The molecule has 0 saturated heterocycles. The molecule has 2 heterocycles. The molecule has 0 unspecified atom stereocenters. The Kier molecular flexibility index (Phi) is 6.55. The largest absolute Gasteiger partial charge is 0.342 e. The van der Waals surface area contributed by atoms with Crippen LogP contribution in [0, 0.1) is 0 Å². The standard InChI is InChI=1S/C20H29N5O/c1-7-12-25(13-8-2)20-21-17-16(15(9-3)11-10-14(4)5)23-24(6)18(17)19(26)22-20/h9-11H,3,7-8,12-13H2,1-2,4-6H3,(H,21,22,26)/b15-11+. The highest BCUT2D eigenvalue weighted by Crippen LogP contribution is 2.23. The van der Waals surface area contributed by atoms with E-state index in [1.54, 1.807) is 17.8 Å². The molecule has 2 aromatic heterocycles. The first-order chi connectivity index (χ1) is 12.4. The van der Waals surface area contributed by atoms with Crippen LogP contribution in [0.25, 0.3) is 16.6 Å². The fourth-order valence-corrected chi connectivity index (χ4v) is 2.88. The lowest BCUT2D eigenvalue weighted by molar-refractivity contribution is 0.721. The van der Waals surface area contributed by atoms with Crippen LogP contribution in [-0.2, 0) is 7.05 Å². The van der Waals surface area contributed by atoms with Crippen molar-refractivity contribution in [2.24, 2.45) is 7.05 Å². The van der Waals surface area contributed by atoms with Gasteiger partial charge in [0.05, 0.1) is 0 Å². The molecule has 0 fully saturated rings. The van der Waals surface area contributed by atoms with Gasteiger partial charge in [0.2, 0.25) is 5.95 Å². The molecule has 2 rings (SSSR count). The molecular formula is C20H29N5O. The fraction of sp³-hybridized carbons (Fsp3) is 0.450. The molecular weight excluding hydrogens is 326 g/mol. The normalized spacial score (nSPS) is 11.7. The van der Waals surface area contributed by atoms with Crippen molar-refractivity contribution in [3.05, 3.63) is 46.4 Å². The minimum absolute atomic E-state index is 0.172. The third-order valence-corrected chi connectivity index (χ3v) is 4.06. The Balaban J connectivity index is 2.70. The molecule has 0 saturated carbocycles. The first kappa shape index (κ1) is 19.7. The fourth-order valence-electron chi connectivity index (χ4n) is 2.88. The first-order valence-electron chi connectivity index (χ1n) is 9.12. The predicted molar refractivity (Wildman–Crippen MR) is 110 cm³/mol. The summed E-state index contributed by atoms with van der Waals surface area (Å²) in [4.78, 5) is 22.5. The molecule has 140 valence electrons. The van der Waals surface area contributed by atoms with Crippen molar-refractivity contribution in [2.75, 3.05) is 18.0 Å². The monoisotopic (exact) mass is 355 g/mol. The van der Waals surface area contributed by atoms with E-state index in [4.69, 9.17) is 4.98 Å². The minimum Gasteiger partial charge on any atom is -0.342 e. The second-order valence-electron chi connectivity index (χ2n) is 6.62. The van der Waals surface area contributed by atoms with Crippen LogP contribution in [0.4, 0.5) is 5.95 Å². The topological polar surface area (TPSA) is 66.8 Å². The quantitative estimate of drug-likeness (QED) is 0.731. The molecule has 26 heavy (non-hydrogen) atoms. The van der Waals surface area contributed by atoms with Crippen molar-refractivity contribution in [1.29, 1.82) is 0 Å².